The highest BCUT2D eigenvalue weighted by molar-refractivity contribution is 6.30. The van der Waals surface area contributed by atoms with Crippen molar-refractivity contribution < 1.29 is 4.79 Å². The summed E-state index contributed by atoms with van der Waals surface area (Å²) in [5.74, 6) is 0.949. The highest BCUT2D eigenvalue weighted by Gasteiger charge is 2.28. The van der Waals surface area contributed by atoms with Crippen molar-refractivity contribution in [3.63, 3.8) is 0 Å². The van der Waals surface area contributed by atoms with Crippen molar-refractivity contribution in [1.29, 1.82) is 0 Å². The summed E-state index contributed by atoms with van der Waals surface area (Å²) in [5.41, 5.74) is 2.59. The van der Waals surface area contributed by atoms with Gasteiger partial charge in [-0.05, 0) is 62.0 Å². The van der Waals surface area contributed by atoms with Crippen LogP contribution in [0.1, 0.15) is 55.6 Å². The lowest BCUT2D eigenvalue weighted by atomic mass is 9.96. The van der Waals surface area contributed by atoms with Crippen LogP contribution in [0.15, 0.2) is 30.5 Å². The van der Waals surface area contributed by atoms with E-state index in [4.69, 9.17) is 11.6 Å². The number of carbonyl (C=O) groups excluding carboxylic acids is 1. The summed E-state index contributed by atoms with van der Waals surface area (Å²) < 4.78 is 1.87. The van der Waals surface area contributed by atoms with Crippen LogP contribution >= 0.6 is 24.0 Å². The van der Waals surface area contributed by atoms with Gasteiger partial charge in [-0.1, -0.05) is 32.4 Å². The van der Waals surface area contributed by atoms with Gasteiger partial charge in [-0.3, -0.25) is 4.79 Å². The first-order valence-electron chi connectivity index (χ1n) is 9.85. The molecular formula is C21H30Cl2N4O. The molecule has 28 heavy (non-hydrogen) atoms. The molecule has 0 spiro atoms. The molecule has 1 N–H and O–H groups in total. The molecule has 7 heteroatoms. The van der Waals surface area contributed by atoms with Gasteiger partial charge in [0.25, 0.3) is 5.91 Å². The monoisotopic (exact) mass is 424 g/mol. The van der Waals surface area contributed by atoms with Gasteiger partial charge in [0.15, 0.2) is 0 Å². The zero-order chi connectivity index (χ0) is 19.4. The third kappa shape index (κ3) is 5.07. The lowest BCUT2D eigenvalue weighted by Crippen LogP contribution is -2.41. The number of benzene rings is 1. The first-order valence-corrected chi connectivity index (χ1v) is 10.2. The quantitative estimate of drug-likeness (QED) is 0.740. The minimum absolute atomic E-state index is 0. The number of aromatic nitrogens is 2. The van der Waals surface area contributed by atoms with Crippen molar-refractivity contribution >= 4 is 29.9 Å². The second-order valence-corrected chi connectivity index (χ2v) is 7.97. The number of likely N-dealkylation sites (tertiary alicyclic amines) is 1. The van der Waals surface area contributed by atoms with Gasteiger partial charge in [-0.2, -0.15) is 5.10 Å². The predicted octanol–water partition coefficient (Wildman–Crippen LogP) is 4.53. The summed E-state index contributed by atoms with van der Waals surface area (Å²) in [6, 6.07) is 7.56. The maximum Gasteiger partial charge on any atom is 0.257 e. The largest absolute Gasteiger partial charge is 0.339 e. The minimum Gasteiger partial charge on any atom is -0.339 e. The molecule has 0 saturated carbocycles. The zero-order valence-electron chi connectivity index (χ0n) is 16.8. The van der Waals surface area contributed by atoms with Crippen molar-refractivity contribution in [2.24, 2.45) is 5.92 Å². The van der Waals surface area contributed by atoms with Crippen LogP contribution in [-0.4, -0.2) is 46.8 Å². The van der Waals surface area contributed by atoms with Gasteiger partial charge in [0.2, 0.25) is 0 Å². The standard InChI is InChI=1S/C21H29ClN4O.ClH/c1-4-23-13-16-9-11-25(12-10-16)21(27)19-14-24-26(20(19)15(2)3)18-7-5-17(22)6-8-18;/h5-8,14-16,23H,4,9-13H2,1-3H3;1H. The van der Waals surface area contributed by atoms with Gasteiger partial charge in [0.1, 0.15) is 0 Å². The molecule has 1 aliphatic heterocycles. The minimum atomic E-state index is 0. The molecule has 1 fully saturated rings. The van der Waals surface area contributed by atoms with Crippen LogP contribution in [-0.2, 0) is 0 Å². The molecule has 2 aromatic rings. The molecular weight excluding hydrogens is 395 g/mol. The molecule has 1 aromatic carbocycles. The highest BCUT2D eigenvalue weighted by atomic mass is 35.5. The number of hydrogen-bond acceptors (Lipinski definition) is 3. The summed E-state index contributed by atoms with van der Waals surface area (Å²) in [7, 11) is 0. The van der Waals surface area contributed by atoms with Gasteiger partial charge in [-0.25, -0.2) is 4.68 Å². The number of halogens is 2. The molecule has 1 aromatic heterocycles. The molecule has 1 amide bonds. The van der Waals surface area contributed by atoms with E-state index in [-0.39, 0.29) is 24.2 Å². The number of rotatable bonds is 6. The Kier molecular flexibility index (Phi) is 8.35. The molecule has 3 rings (SSSR count). The van der Waals surface area contributed by atoms with E-state index < -0.39 is 0 Å². The van der Waals surface area contributed by atoms with Crippen LogP contribution in [0.4, 0.5) is 0 Å². The number of nitrogens with zero attached hydrogens (tertiary/aromatic N) is 3. The molecule has 2 heterocycles. The van der Waals surface area contributed by atoms with Gasteiger partial charge < -0.3 is 10.2 Å². The summed E-state index contributed by atoms with van der Waals surface area (Å²) >= 11 is 6.01. The third-order valence-corrected chi connectivity index (χ3v) is 5.49. The van der Waals surface area contributed by atoms with E-state index in [0.29, 0.717) is 16.5 Å². The summed E-state index contributed by atoms with van der Waals surface area (Å²) in [4.78, 5) is 15.2. The Bertz CT molecular complexity index is 765. The molecule has 0 atom stereocenters. The molecule has 1 aliphatic rings. The number of carbonyl (C=O) groups is 1. The van der Waals surface area contributed by atoms with Gasteiger partial charge >= 0.3 is 0 Å². The normalized spacial score (nSPS) is 15.0. The van der Waals surface area contributed by atoms with E-state index in [1.165, 1.54) is 0 Å². The summed E-state index contributed by atoms with van der Waals surface area (Å²) in [5, 5.41) is 8.63. The lowest BCUT2D eigenvalue weighted by Gasteiger charge is -2.32. The van der Waals surface area contributed by atoms with Crippen LogP contribution in [0.3, 0.4) is 0 Å². The van der Waals surface area contributed by atoms with Crippen molar-refractivity contribution in [3.05, 3.63) is 46.7 Å². The Morgan fingerprint density at radius 2 is 1.89 bits per heavy atom. The fourth-order valence-electron chi connectivity index (χ4n) is 3.73. The number of piperidine rings is 1. The van der Waals surface area contributed by atoms with Gasteiger partial charge in [-0.15, -0.1) is 12.4 Å². The molecule has 0 aliphatic carbocycles. The molecule has 1 saturated heterocycles. The molecule has 5 nitrogen and oxygen atoms in total. The van der Waals surface area contributed by atoms with Crippen LogP contribution in [0.25, 0.3) is 5.69 Å². The predicted molar refractivity (Wildman–Crippen MR) is 117 cm³/mol. The Labute approximate surface area is 178 Å². The second-order valence-electron chi connectivity index (χ2n) is 7.53. The molecule has 154 valence electrons. The number of amides is 1. The fourth-order valence-corrected chi connectivity index (χ4v) is 3.85. The first-order chi connectivity index (χ1) is 13.0. The van der Waals surface area contributed by atoms with Crippen molar-refractivity contribution in [2.75, 3.05) is 26.2 Å². The van der Waals surface area contributed by atoms with E-state index in [1.54, 1.807) is 6.20 Å². The average Bonchev–Trinajstić information content (AvgIpc) is 3.12. The maximum absolute atomic E-state index is 13.2. The highest BCUT2D eigenvalue weighted by Crippen LogP contribution is 2.26. The van der Waals surface area contributed by atoms with Crippen molar-refractivity contribution in [2.45, 2.75) is 39.5 Å². The Hall–Kier alpha value is -1.56. The molecule has 0 radical (unpaired) electrons. The van der Waals surface area contributed by atoms with E-state index in [1.807, 2.05) is 33.8 Å². The fraction of sp³-hybridized carbons (Fsp3) is 0.524. The van der Waals surface area contributed by atoms with E-state index in [9.17, 15) is 4.79 Å². The van der Waals surface area contributed by atoms with Gasteiger partial charge in [0, 0.05) is 18.1 Å². The van der Waals surface area contributed by atoms with Crippen LogP contribution in [0.5, 0.6) is 0 Å². The van der Waals surface area contributed by atoms with Crippen LogP contribution < -0.4 is 5.32 Å². The van der Waals surface area contributed by atoms with E-state index >= 15 is 0 Å². The van der Waals surface area contributed by atoms with Crippen molar-refractivity contribution in [3.8, 4) is 5.69 Å². The lowest BCUT2D eigenvalue weighted by molar-refractivity contribution is 0.0688. The first kappa shape index (κ1) is 22.7. The Morgan fingerprint density at radius 1 is 1.25 bits per heavy atom. The molecule has 0 unspecified atom stereocenters. The van der Waals surface area contributed by atoms with Crippen molar-refractivity contribution in [1.82, 2.24) is 20.0 Å². The van der Waals surface area contributed by atoms with E-state index in [2.05, 4.69) is 31.2 Å². The summed E-state index contributed by atoms with van der Waals surface area (Å²) in [6.45, 7) is 10.0. The average molecular weight is 425 g/mol. The Balaban J connectivity index is 0.00000280. The molecule has 0 bridgehead atoms. The zero-order valence-corrected chi connectivity index (χ0v) is 18.4. The third-order valence-electron chi connectivity index (χ3n) is 5.24. The van der Waals surface area contributed by atoms with Gasteiger partial charge in [0.05, 0.1) is 23.1 Å². The topological polar surface area (TPSA) is 50.2 Å². The van der Waals surface area contributed by atoms with Crippen LogP contribution in [0.2, 0.25) is 5.02 Å². The summed E-state index contributed by atoms with van der Waals surface area (Å²) in [6.07, 6.45) is 3.83. The number of nitrogens with one attached hydrogen (secondary N) is 1. The maximum atomic E-state index is 13.2. The SMILES string of the molecule is CCNCC1CCN(C(=O)c2cnn(-c3ccc(Cl)cc3)c2C(C)C)CC1.Cl. The second kappa shape index (κ2) is 10.3. The van der Waals surface area contributed by atoms with E-state index in [0.717, 1.165) is 50.4 Å². The Morgan fingerprint density at radius 3 is 2.46 bits per heavy atom. The van der Waals surface area contributed by atoms with Crippen LogP contribution in [0, 0.1) is 5.92 Å². The smallest absolute Gasteiger partial charge is 0.257 e. The number of hydrogen-bond donors (Lipinski definition) is 1.